The van der Waals surface area contributed by atoms with Crippen molar-refractivity contribution in [2.45, 2.75) is 44.7 Å². The number of rotatable bonds is 5. The minimum atomic E-state index is -1.17. The molecule has 0 atom stereocenters. The van der Waals surface area contributed by atoms with E-state index in [1.54, 1.807) is 6.92 Å². The molecule has 0 aliphatic heterocycles. The zero-order valence-corrected chi connectivity index (χ0v) is 19.1. The summed E-state index contributed by atoms with van der Waals surface area (Å²) in [5, 5.41) is 8.88. The van der Waals surface area contributed by atoms with E-state index in [0.29, 0.717) is 25.7 Å². The van der Waals surface area contributed by atoms with Crippen LogP contribution in [0.2, 0.25) is 5.02 Å². The van der Waals surface area contributed by atoms with Crippen LogP contribution in [-0.4, -0.2) is 36.7 Å². The van der Waals surface area contributed by atoms with Gasteiger partial charge in [-0.3, -0.25) is 4.79 Å². The molecule has 1 aliphatic carbocycles. The SMILES string of the molecule is CCOC(=O)N[C@H]1CC[C@@H](N/C(=N\C(=O)c2ccc(F)c(F)c2)Nc2cc(F)cc(Cl)c2)CC1. The molecule has 0 bridgehead atoms. The van der Waals surface area contributed by atoms with Crippen molar-refractivity contribution in [3.05, 3.63) is 64.4 Å². The fourth-order valence-electron chi connectivity index (χ4n) is 3.57. The summed E-state index contributed by atoms with van der Waals surface area (Å²) >= 11 is 5.91. The monoisotopic (exact) mass is 496 g/mol. The lowest BCUT2D eigenvalue weighted by atomic mass is 9.91. The highest BCUT2D eigenvalue weighted by molar-refractivity contribution is 6.31. The van der Waals surface area contributed by atoms with Crippen LogP contribution in [0.25, 0.3) is 0 Å². The number of hydrogen-bond donors (Lipinski definition) is 3. The van der Waals surface area contributed by atoms with Gasteiger partial charge in [-0.2, -0.15) is 4.99 Å². The Morgan fingerprint density at radius 1 is 1.00 bits per heavy atom. The Hall–Kier alpha value is -3.27. The molecule has 7 nitrogen and oxygen atoms in total. The van der Waals surface area contributed by atoms with Crippen LogP contribution in [0.1, 0.15) is 43.0 Å². The maximum absolute atomic E-state index is 13.8. The number of amides is 2. The molecule has 1 fully saturated rings. The number of hydrogen-bond acceptors (Lipinski definition) is 3. The topological polar surface area (TPSA) is 91.8 Å². The van der Waals surface area contributed by atoms with Crippen molar-refractivity contribution >= 4 is 35.2 Å². The maximum atomic E-state index is 13.8. The number of benzene rings is 2. The van der Waals surface area contributed by atoms with Crippen molar-refractivity contribution in [1.82, 2.24) is 10.6 Å². The molecular weight excluding hydrogens is 473 g/mol. The maximum Gasteiger partial charge on any atom is 0.407 e. The van der Waals surface area contributed by atoms with Gasteiger partial charge in [-0.25, -0.2) is 18.0 Å². The first-order chi connectivity index (χ1) is 16.2. The van der Waals surface area contributed by atoms with Gasteiger partial charge in [0, 0.05) is 28.4 Å². The summed E-state index contributed by atoms with van der Waals surface area (Å²) < 4.78 is 45.5. The van der Waals surface area contributed by atoms with Gasteiger partial charge in [-0.15, -0.1) is 0 Å². The molecular formula is C23H24ClF3N4O3. The van der Waals surface area contributed by atoms with Gasteiger partial charge < -0.3 is 20.7 Å². The molecule has 1 aliphatic rings. The van der Waals surface area contributed by atoms with E-state index in [1.165, 1.54) is 12.1 Å². The van der Waals surface area contributed by atoms with Crippen LogP contribution in [-0.2, 0) is 4.74 Å². The molecule has 0 radical (unpaired) electrons. The first kappa shape index (κ1) is 25.4. The van der Waals surface area contributed by atoms with E-state index in [0.717, 1.165) is 24.3 Å². The van der Waals surface area contributed by atoms with Gasteiger partial charge in [-0.1, -0.05) is 11.6 Å². The molecule has 2 aromatic carbocycles. The molecule has 2 amide bonds. The Balaban J connectivity index is 1.74. The van der Waals surface area contributed by atoms with Crippen molar-refractivity contribution in [2.24, 2.45) is 4.99 Å². The van der Waals surface area contributed by atoms with Gasteiger partial charge in [0.25, 0.3) is 5.91 Å². The van der Waals surface area contributed by atoms with Crippen LogP contribution in [0.3, 0.4) is 0 Å². The van der Waals surface area contributed by atoms with Gasteiger partial charge >= 0.3 is 6.09 Å². The second kappa shape index (κ2) is 11.7. The predicted molar refractivity (Wildman–Crippen MR) is 122 cm³/mol. The first-order valence-electron chi connectivity index (χ1n) is 10.7. The van der Waals surface area contributed by atoms with E-state index < -0.39 is 29.5 Å². The summed E-state index contributed by atoms with van der Waals surface area (Å²) in [6.45, 7) is 2.01. The molecule has 2 aromatic rings. The minimum Gasteiger partial charge on any atom is -0.450 e. The Morgan fingerprint density at radius 3 is 2.29 bits per heavy atom. The fourth-order valence-corrected chi connectivity index (χ4v) is 3.79. The number of nitrogens with zero attached hydrogens (tertiary/aromatic N) is 1. The Kier molecular flexibility index (Phi) is 8.75. The smallest absolute Gasteiger partial charge is 0.407 e. The number of anilines is 1. The molecule has 3 rings (SSSR count). The molecule has 34 heavy (non-hydrogen) atoms. The average molecular weight is 497 g/mol. The van der Waals surface area contributed by atoms with Crippen molar-refractivity contribution in [3.8, 4) is 0 Å². The van der Waals surface area contributed by atoms with E-state index in [-0.39, 0.29) is 40.9 Å². The zero-order chi connectivity index (χ0) is 24.7. The fraction of sp³-hybridized carbons (Fsp3) is 0.348. The van der Waals surface area contributed by atoms with Crippen molar-refractivity contribution in [2.75, 3.05) is 11.9 Å². The van der Waals surface area contributed by atoms with Gasteiger partial charge in [0.05, 0.1) is 6.61 Å². The van der Waals surface area contributed by atoms with Crippen molar-refractivity contribution in [3.63, 3.8) is 0 Å². The van der Waals surface area contributed by atoms with Gasteiger partial charge in [0.2, 0.25) is 5.96 Å². The van der Waals surface area contributed by atoms with Gasteiger partial charge in [-0.05, 0) is 69.0 Å². The van der Waals surface area contributed by atoms with Crippen LogP contribution < -0.4 is 16.0 Å². The zero-order valence-electron chi connectivity index (χ0n) is 18.3. The lowest BCUT2D eigenvalue weighted by Crippen LogP contribution is -2.45. The largest absolute Gasteiger partial charge is 0.450 e. The summed E-state index contributed by atoms with van der Waals surface area (Å²) in [7, 11) is 0. The van der Waals surface area contributed by atoms with Crippen LogP contribution in [0.5, 0.6) is 0 Å². The highest BCUT2D eigenvalue weighted by Crippen LogP contribution is 2.21. The van der Waals surface area contributed by atoms with Gasteiger partial charge in [0.1, 0.15) is 5.82 Å². The quantitative estimate of drug-likeness (QED) is 0.399. The van der Waals surface area contributed by atoms with Gasteiger partial charge in [0.15, 0.2) is 11.6 Å². The molecule has 0 unspecified atom stereocenters. The third-order valence-electron chi connectivity index (χ3n) is 5.17. The van der Waals surface area contributed by atoms with E-state index in [9.17, 15) is 22.8 Å². The summed E-state index contributed by atoms with van der Waals surface area (Å²) in [5.41, 5.74) is 0.0895. The molecule has 3 N–H and O–H groups in total. The number of carbonyl (C=O) groups excluding carboxylic acids is 2. The summed E-state index contributed by atoms with van der Waals surface area (Å²) in [5.74, 6) is -3.67. The van der Waals surface area contributed by atoms with E-state index >= 15 is 0 Å². The Bertz CT molecular complexity index is 1060. The van der Waals surface area contributed by atoms with Crippen LogP contribution in [0.15, 0.2) is 41.4 Å². The number of carbonyl (C=O) groups is 2. The highest BCUT2D eigenvalue weighted by Gasteiger charge is 2.24. The second-order valence-corrected chi connectivity index (χ2v) is 8.17. The van der Waals surface area contributed by atoms with E-state index in [2.05, 4.69) is 20.9 Å². The number of nitrogens with one attached hydrogen (secondary N) is 3. The summed E-state index contributed by atoms with van der Waals surface area (Å²) in [4.78, 5) is 28.2. The molecule has 1 saturated carbocycles. The minimum absolute atomic E-state index is 0.00167. The highest BCUT2D eigenvalue weighted by atomic mass is 35.5. The van der Waals surface area contributed by atoms with Crippen molar-refractivity contribution < 1.29 is 27.5 Å². The summed E-state index contributed by atoms with van der Waals surface area (Å²) in [6, 6.07) is 6.29. The number of aliphatic imine (C=N–C) groups is 1. The van der Waals surface area contributed by atoms with E-state index in [1.807, 2.05) is 0 Å². The molecule has 182 valence electrons. The summed E-state index contributed by atoms with van der Waals surface area (Å²) in [6.07, 6.45) is 2.13. The van der Waals surface area contributed by atoms with Crippen LogP contribution in [0.4, 0.5) is 23.7 Å². The lowest BCUT2D eigenvalue weighted by Gasteiger charge is -2.30. The number of ether oxygens (including phenoxy) is 1. The third-order valence-corrected chi connectivity index (χ3v) is 5.39. The standard InChI is InChI=1S/C23H24ClF3N4O3/c1-2-34-23(33)30-17-6-4-16(5-7-17)28-22(29-18-11-14(24)10-15(25)12-18)31-21(32)13-3-8-19(26)20(27)9-13/h3,8-12,16-17H,2,4-7H2,1H3,(H,30,33)(H2,28,29,31,32)/t16-,17+. The number of guanidine groups is 1. The van der Waals surface area contributed by atoms with Crippen molar-refractivity contribution in [1.29, 1.82) is 0 Å². The normalized spacial score (nSPS) is 18.2. The molecule has 0 spiro atoms. The number of alkyl carbamates (subject to hydrolysis) is 1. The number of halogens is 4. The first-order valence-corrected chi connectivity index (χ1v) is 11.1. The van der Waals surface area contributed by atoms with E-state index in [4.69, 9.17) is 16.3 Å². The predicted octanol–water partition coefficient (Wildman–Crippen LogP) is 5.01. The second-order valence-electron chi connectivity index (χ2n) is 7.74. The molecule has 11 heteroatoms. The Morgan fingerprint density at radius 2 is 1.68 bits per heavy atom. The molecule has 0 aromatic heterocycles. The average Bonchev–Trinajstić information content (AvgIpc) is 2.76. The van der Waals surface area contributed by atoms with Crippen LogP contribution in [0, 0.1) is 17.5 Å². The molecule has 0 saturated heterocycles. The lowest BCUT2D eigenvalue weighted by molar-refractivity contribution is 0.100. The Labute approximate surface area is 199 Å². The third kappa shape index (κ3) is 7.38. The molecule has 0 heterocycles. The van der Waals surface area contributed by atoms with Crippen LogP contribution >= 0.6 is 11.6 Å².